The van der Waals surface area contributed by atoms with Crippen molar-refractivity contribution in [3.8, 4) is 28.5 Å². The predicted octanol–water partition coefficient (Wildman–Crippen LogP) is 6.27. The highest BCUT2D eigenvalue weighted by molar-refractivity contribution is 5.89. The van der Waals surface area contributed by atoms with Crippen molar-refractivity contribution >= 4 is 17.4 Å². The van der Waals surface area contributed by atoms with Gasteiger partial charge in [0, 0.05) is 53.7 Å². The number of para-hydroxylation sites is 1. The van der Waals surface area contributed by atoms with E-state index in [2.05, 4.69) is 9.97 Å². The van der Waals surface area contributed by atoms with Gasteiger partial charge in [-0.1, -0.05) is 24.3 Å². The van der Waals surface area contributed by atoms with E-state index in [0.29, 0.717) is 58.6 Å². The smallest absolute Gasteiger partial charge is 0.414 e. The summed E-state index contributed by atoms with van der Waals surface area (Å²) in [5.74, 6) is 0.355. The van der Waals surface area contributed by atoms with E-state index >= 15 is 4.39 Å². The number of halogens is 3. The Labute approximate surface area is 244 Å². The number of rotatable bonds is 10. The SMILES string of the molecule is COc1ccc(-c2cn3c(Cc4ccccc4OC(F)F)c(COc4cccc(N5CCOC5=O)c4)nc3cc2F)cn1. The van der Waals surface area contributed by atoms with Crippen LogP contribution in [0.25, 0.3) is 16.8 Å². The van der Waals surface area contributed by atoms with E-state index in [1.54, 1.807) is 65.2 Å². The number of benzene rings is 2. The number of methoxy groups -OCH3 is 1. The molecule has 0 saturated carbocycles. The molecule has 0 radical (unpaired) electrons. The fraction of sp³-hybridized carbons (Fsp3) is 0.194. The fourth-order valence-electron chi connectivity index (χ4n) is 4.90. The molecule has 12 heteroatoms. The van der Waals surface area contributed by atoms with Crippen molar-refractivity contribution in [2.45, 2.75) is 19.6 Å². The molecular weight excluding hydrogens is 565 g/mol. The van der Waals surface area contributed by atoms with Gasteiger partial charge in [-0.25, -0.2) is 19.2 Å². The van der Waals surface area contributed by atoms with E-state index in [0.717, 1.165) is 0 Å². The molecule has 0 bridgehead atoms. The molecule has 6 rings (SSSR count). The molecule has 43 heavy (non-hydrogen) atoms. The maximum atomic E-state index is 15.3. The summed E-state index contributed by atoms with van der Waals surface area (Å²) >= 11 is 0. The minimum absolute atomic E-state index is 0.0196. The fourth-order valence-corrected chi connectivity index (χ4v) is 4.90. The number of amides is 1. The van der Waals surface area contributed by atoms with Gasteiger partial charge in [0.25, 0.3) is 0 Å². The van der Waals surface area contributed by atoms with Gasteiger partial charge in [-0.3, -0.25) is 4.90 Å². The second-order valence-electron chi connectivity index (χ2n) is 9.57. The van der Waals surface area contributed by atoms with Crippen molar-refractivity contribution in [1.82, 2.24) is 14.4 Å². The van der Waals surface area contributed by atoms with Gasteiger partial charge in [0.15, 0.2) is 0 Å². The lowest BCUT2D eigenvalue weighted by Gasteiger charge is -2.15. The Balaban J connectivity index is 1.39. The number of hydrogen-bond donors (Lipinski definition) is 0. The second-order valence-corrected chi connectivity index (χ2v) is 9.57. The zero-order valence-corrected chi connectivity index (χ0v) is 22.9. The topological polar surface area (TPSA) is 87.4 Å². The van der Waals surface area contributed by atoms with Crippen LogP contribution in [0.4, 0.5) is 23.7 Å². The average Bonchev–Trinajstić information content (AvgIpc) is 3.59. The molecule has 1 amide bonds. The summed E-state index contributed by atoms with van der Waals surface area (Å²) in [5, 5.41) is 0. The summed E-state index contributed by atoms with van der Waals surface area (Å²) in [7, 11) is 1.49. The number of ether oxygens (including phenoxy) is 4. The van der Waals surface area contributed by atoms with Gasteiger partial charge in [0.1, 0.15) is 41.9 Å². The van der Waals surface area contributed by atoms with Crippen LogP contribution >= 0.6 is 0 Å². The third-order valence-corrected chi connectivity index (χ3v) is 6.96. The molecule has 1 fully saturated rings. The van der Waals surface area contributed by atoms with Crippen LogP contribution in [0.5, 0.6) is 17.4 Å². The molecule has 2 aromatic carbocycles. The molecule has 0 aliphatic carbocycles. The molecule has 1 saturated heterocycles. The number of nitrogens with zero attached hydrogens (tertiary/aromatic N) is 4. The second kappa shape index (κ2) is 11.9. The van der Waals surface area contributed by atoms with E-state index < -0.39 is 18.5 Å². The minimum Gasteiger partial charge on any atom is -0.487 e. The predicted molar refractivity (Wildman–Crippen MR) is 150 cm³/mol. The number of cyclic esters (lactones) is 1. The maximum Gasteiger partial charge on any atom is 0.414 e. The Morgan fingerprint density at radius 1 is 1.07 bits per heavy atom. The summed E-state index contributed by atoms with van der Waals surface area (Å²) in [6.45, 7) is -2.30. The van der Waals surface area contributed by atoms with Gasteiger partial charge < -0.3 is 23.3 Å². The zero-order valence-electron chi connectivity index (χ0n) is 22.9. The van der Waals surface area contributed by atoms with Crippen molar-refractivity contribution in [2.75, 3.05) is 25.2 Å². The normalized spacial score (nSPS) is 13.0. The first-order chi connectivity index (χ1) is 20.9. The molecule has 0 unspecified atom stereocenters. The van der Waals surface area contributed by atoms with Crippen molar-refractivity contribution in [2.24, 2.45) is 0 Å². The molecular formula is C31H25F3N4O5. The van der Waals surface area contributed by atoms with Gasteiger partial charge >= 0.3 is 12.7 Å². The van der Waals surface area contributed by atoms with Crippen molar-refractivity contribution in [1.29, 1.82) is 0 Å². The lowest BCUT2D eigenvalue weighted by Crippen LogP contribution is -2.23. The monoisotopic (exact) mass is 590 g/mol. The number of aromatic nitrogens is 3. The Morgan fingerprint density at radius 3 is 2.67 bits per heavy atom. The highest BCUT2D eigenvalue weighted by atomic mass is 19.3. The van der Waals surface area contributed by atoms with Crippen molar-refractivity contribution in [3.63, 3.8) is 0 Å². The molecule has 3 aromatic heterocycles. The number of fused-ring (bicyclic) bond motifs is 1. The lowest BCUT2D eigenvalue weighted by molar-refractivity contribution is -0.0504. The first kappa shape index (κ1) is 27.9. The standard InChI is InChI=1S/C31H25F3N4O5/c1-40-29-10-9-20(16-35-29)23-17-38-26(13-19-5-2-3-8-27(19)43-30(33)34)25(36-28(38)15-24(23)32)18-42-22-7-4-6-21(14-22)37-11-12-41-31(37)39/h2-10,14-17,30H,11-13,18H2,1H3. The first-order valence-electron chi connectivity index (χ1n) is 13.3. The largest absolute Gasteiger partial charge is 0.487 e. The van der Waals surface area contributed by atoms with E-state index in [-0.39, 0.29) is 24.3 Å². The quantitative estimate of drug-likeness (QED) is 0.189. The van der Waals surface area contributed by atoms with Crippen LogP contribution in [0.3, 0.4) is 0 Å². The molecule has 5 aromatic rings. The molecule has 0 spiro atoms. The Hall–Kier alpha value is -5.26. The zero-order chi connectivity index (χ0) is 29.9. The summed E-state index contributed by atoms with van der Waals surface area (Å²) in [6, 6.07) is 18.0. The highest BCUT2D eigenvalue weighted by Crippen LogP contribution is 2.30. The van der Waals surface area contributed by atoms with Gasteiger partial charge in [0.2, 0.25) is 5.88 Å². The molecule has 1 aliphatic heterocycles. The average molecular weight is 591 g/mol. The number of hydrogen-bond acceptors (Lipinski definition) is 7. The van der Waals surface area contributed by atoms with Crippen LogP contribution < -0.4 is 19.1 Å². The van der Waals surface area contributed by atoms with E-state index in [4.69, 9.17) is 18.9 Å². The van der Waals surface area contributed by atoms with Crippen LogP contribution in [-0.4, -0.2) is 47.3 Å². The number of pyridine rings is 2. The third kappa shape index (κ3) is 5.89. The molecule has 1 aliphatic rings. The van der Waals surface area contributed by atoms with E-state index in [9.17, 15) is 13.6 Å². The van der Waals surface area contributed by atoms with Gasteiger partial charge in [-0.15, -0.1) is 0 Å². The third-order valence-electron chi connectivity index (χ3n) is 6.96. The summed E-state index contributed by atoms with van der Waals surface area (Å²) < 4.78 is 64.4. The molecule has 0 atom stereocenters. The number of carbonyl (C=O) groups is 1. The summed E-state index contributed by atoms with van der Waals surface area (Å²) in [4.78, 5) is 22.3. The molecule has 220 valence electrons. The van der Waals surface area contributed by atoms with Gasteiger partial charge in [-0.05, 0) is 24.3 Å². The molecule has 4 heterocycles. The van der Waals surface area contributed by atoms with Gasteiger partial charge in [0.05, 0.1) is 25.0 Å². The summed E-state index contributed by atoms with van der Waals surface area (Å²) in [5.41, 5.74) is 3.22. The highest BCUT2D eigenvalue weighted by Gasteiger charge is 2.24. The maximum absolute atomic E-state index is 15.3. The number of carbonyl (C=O) groups excluding carboxylic acids is 1. The van der Waals surface area contributed by atoms with Crippen LogP contribution in [-0.2, 0) is 17.8 Å². The van der Waals surface area contributed by atoms with Crippen LogP contribution in [0, 0.1) is 5.82 Å². The van der Waals surface area contributed by atoms with Gasteiger partial charge in [-0.2, -0.15) is 8.78 Å². The Morgan fingerprint density at radius 2 is 1.93 bits per heavy atom. The van der Waals surface area contributed by atoms with Crippen molar-refractivity contribution in [3.05, 3.63) is 102 Å². The lowest BCUT2D eigenvalue weighted by atomic mass is 10.1. The number of imidazole rings is 1. The van der Waals surface area contributed by atoms with Crippen LogP contribution in [0.2, 0.25) is 0 Å². The molecule has 0 N–H and O–H groups in total. The Bertz CT molecular complexity index is 1780. The first-order valence-corrected chi connectivity index (χ1v) is 13.3. The Kier molecular flexibility index (Phi) is 7.73. The van der Waals surface area contributed by atoms with E-state index in [1.807, 2.05) is 0 Å². The summed E-state index contributed by atoms with van der Waals surface area (Å²) in [6.07, 6.45) is 2.79. The van der Waals surface area contributed by atoms with Crippen LogP contribution in [0.15, 0.2) is 79.1 Å². The van der Waals surface area contributed by atoms with Crippen LogP contribution in [0.1, 0.15) is 17.0 Å². The van der Waals surface area contributed by atoms with E-state index in [1.165, 1.54) is 30.3 Å². The minimum atomic E-state index is -3.01. The number of anilines is 1. The van der Waals surface area contributed by atoms with Crippen molar-refractivity contribution < 1.29 is 36.9 Å². The number of alkyl halides is 2. The molecule has 9 nitrogen and oxygen atoms in total.